The molecular weight excluding hydrogens is 238 g/mol. The summed E-state index contributed by atoms with van der Waals surface area (Å²) >= 11 is 0. The minimum atomic E-state index is 0.260. The number of fused-ring (bicyclic) bond motifs is 1. The van der Waals surface area contributed by atoms with Crippen LogP contribution in [0.15, 0.2) is 42.5 Å². The predicted octanol–water partition coefficient (Wildman–Crippen LogP) is 3.07. The minimum absolute atomic E-state index is 0.260. The van der Waals surface area contributed by atoms with Crippen molar-refractivity contribution in [1.82, 2.24) is 0 Å². The predicted molar refractivity (Wildman–Crippen MR) is 71.1 cm³/mol. The van der Waals surface area contributed by atoms with E-state index in [4.69, 9.17) is 14.7 Å². The molecule has 3 nitrogen and oxygen atoms in total. The van der Waals surface area contributed by atoms with E-state index in [-0.39, 0.29) is 6.79 Å². The second-order valence-corrected chi connectivity index (χ2v) is 4.47. The molecule has 0 aromatic heterocycles. The molecule has 94 valence electrons. The van der Waals surface area contributed by atoms with Gasteiger partial charge >= 0.3 is 0 Å². The second-order valence-electron chi connectivity index (χ2n) is 4.47. The summed E-state index contributed by atoms with van der Waals surface area (Å²) in [6, 6.07) is 16.3. The maximum absolute atomic E-state index is 8.94. The van der Waals surface area contributed by atoms with Gasteiger partial charge in [-0.3, -0.25) is 0 Å². The van der Waals surface area contributed by atoms with Gasteiger partial charge in [-0.25, -0.2) is 0 Å². The van der Waals surface area contributed by atoms with Crippen molar-refractivity contribution in [1.29, 1.82) is 5.26 Å². The zero-order chi connectivity index (χ0) is 13.1. The lowest BCUT2D eigenvalue weighted by molar-refractivity contribution is 0.174. The van der Waals surface area contributed by atoms with Crippen LogP contribution in [0.2, 0.25) is 0 Å². The fraction of sp³-hybridized carbons (Fsp3) is 0.188. The summed E-state index contributed by atoms with van der Waals surface area (Å²) in [5.74, 6) is 1.51. The topological polar surface area (TPSA) is 42.2 Å². The maximum Gasteiger partial charge on any atom is 0.231 e. The van der Waals surface area contributed by atoms with E-state index in [0.29, 0.717) is 6.42 Å². The van der Waals surface area contributed by atoms with Gasteiger partial charge in [0.2, 0.25) is 6.79 Å². The Morgan fingerprint density at radius 3 is 2.37 bits per heavy atom. The van der Waals surface area contributed by atoms with Crippen molar-refractivity contribution in [2.24, 2.45) is 0 Å². The third-order valence-electron chi connectivity index (χ3n) is 3.20. The number of benzene rings is 2. The molecule has 0 atom stereocenters. The average molecular weight is 251 g/mol. The van der Waals surface area contributed by atoms with Crippen molar-refractivity contribution < 1.29 is 9.47 Å². The summed E-state index contributed by atoms with van der Waals surface area (Å²) in [4.78, 5) is 0. The van der Waals surface area contributed by atoms with Crippen molar-refractivity contribution in [2.45, 2.75) is 12.8 Å². The van der Waals surface area contributed by atoms with Crippen LogP contribution in [-0.4, -0.2) is 6.79 Å². The number of nitriles is 1. The highest BCUT2D eigenvalue weighted by atomic mass is 16.7. The fourth-order valence-corrected chi connectivity index (χ4v) is 2.26. The Balaban J connectivity index is 1.97. The van der Waals surface area contributed by atoms with Crippen LogP contribution in [0.3, 0.4) is 0 Å². The molecule has 0 amide bonds. The molecule has 0 radical (unpaired) electrons. The maximum atomic E-state index is 8.94. The van der Waals surface area contributed by atoms with E-state index in [1.807, 2.05) is 30.3 Å². The molecule has 0 bridgehead atoms. The normalized spacial score (nSPS) is 12.2. The summed E-state index contributed by atoms with van der Waals surface area (Å²) < 4.78 is 10.8. The van der Waals surface area contributed by atoms with Crippen molar-refractivity contribution in [3.05, 3.63) is 59.2 Å². The van der Waals surface area contributed by atoms with Gasteiger partial charge in [-0.15, -0.1) is 0 Å². The first-order chi connectivity index (χ1) is 9.36. The summed E-state index contributed by atoms with van der Waals surface area (Å²) in [7, 11) is 0. The number of ether oxygens (including phenoxy) is 2. The molecule has 0 N–H and O–H groups in total. The third-order valence-corrected chi connectivity index (χ3v) is 3.20. The molecule has 0 unspecified atom stereocenters. The zero-order valence-electron chi connectivity index (χ0n) is 10.4. The van der Waals surface area contributed by atoms with E-state index in [1.165, 1.54) is 5.56 Å². The van der Waals surface area contributed by atoms with E-state index in [9.17, 15) is 0 Å². The Kier molecular flexibility index (Phi) is 3.07. The minimum Gasteiger partial charge on any atom is -0.454 e. The van der Waals surface area contributed by atoms with Crippen LogP contribution in [0.5, 0.6) is 11.5 Å². The van der Waals surface area contributed by atoms with Gasteiger partial charge in [0.25, 0.3) is 0 Å². The van der Waals surface area contributed by atoms with Gasteiger partial charge in [-0.1, -0.05) is 30.3 Å². The molecule has 1 heterocycles. The molecule has 19 heavy (non-hydrogen) atoms. The average Bonchev–Trinajstić information content (AvgIpc) is 2.88. The van der Waals surface area contributed by atoms with E-state index in [1.54, 1.807) is 0 Å². The Morgan fingerprint density at radius 2 is 1.68 bits per heavy atom. The van der Waals surface area contributed by atoms with E-state index in [2.05, 4.69) is 18.2 Å². The van der Waals surface area contributed by atoms with Gasteiger partial charge in [0.15, 0.2) is 11.5 Å². The summed E-state index contributed by atoms with van der Waals surface area (Å²) in [6.45, 7) is 0.260. The molecule has 0 spiro atoms. The molecule has 1 aliphatic rings. The summed E-state index contributed by atoms with van der Waals surface area (Å²) in [6.07, 6.45) is 1.19. The third kappa shape index (κ3) is 2.38. The lowest BCUT2D eigenvalue weighted by Gasteiger charge is -2.09. The monoisotopic (exact) mass is 251 g/mol. The molecular formula is C16H13NO2. The summed E-state index contributed by atoms with van der Waals surface area (Å²) in [5, 5.41) is 8.94. The van der Waals surface area contributed by atoms with Crippen molar-refractivity contribution in [2.75, 3.05) is 6.79 Å². The standard InChI is InChI=1S/C16H13NO2/c17-7-6-13-9-15-16(19-11-18-15)10-14(13)8-12-4-2-1-3-5-12/h1-5,9-10H,6,8,11H2. The lowest BCUT2D eigenvalue weighted by Crippen LogP contribution is -1.95. The van der Waals surface area contributed by atoms with Crippen LogP contribution in [0.1, 0.15) is 16.7 Å². The molecule has 0 aliphatic carbocycles. The second kappa shape index (κ2) is 5.03. The van der Waals surface area contributed by atoms with Crippen molar-refractivity contribution in [3.63, 3.8) is 0 Å². The van der Waals surface area contributed by atoms with Crippen LogP contribution >= 0.6 is 0 Å². The Morgan fingerprint density at radius 1 is 1.00 bits per heavy atom. The Hall–Kier alpha value is -2.47. The van der Waals surface area contributed by atoms with E-state index >= 15 is 0 Å². The van der Waals surface area contributed by atoms with Crippen LogP contribution in [0.25, 0.3) is 0 Å². The van der Waals surface area contributed by atoms with Crippen LogP contribution in [0.4, 0.5) is 0 Å². The van der Waals surface area contributed by atoms with Crippen LogP contribution in [0, 0.1) is 11.3 Å². The van der Waals surface area contributed by atoms with E-state index in [0.717, 1.165) is 29.0 Å². The molecule has 3 rings (SSSR count). The van der Waals surface area contributed by atoms with Gasteiger partial charge in [0.1, 0.15) is 0 Å². The Labute approximate surface area is 112 Å². The highest BCUT2D eigenvalue weighted by Crippen LogP contribution is 2.35. The first-order valence-electron chi connectivity index (χ1n) is 6.19. The van der Waals surface area contributed by atoms with Gasteiger partial charge in [-0.05, 0) is 35.2 Å². The zero-order valence-corrected chi connectivity index (χ0v) is 10.4. The highest BCUT2D eigenvalue weighted by molar-refractivity contribution is 5.50. The van der Waals surface area contributed by atoms with Crippen molar-refractivity contribution in [3.8, 4) is 17.6 Å². The molecule has 3 heteroatoms. The van der Waals surface area contributed by atoms with Gasteiger partial charge in [0.05, 0.1) is 12.5 Å². The quantitative estimate of drug-likeness (QED) is 0.841. The molecule has 0 fully saturated rings. The molecule has 1 aliphatic heterocycles. The molecule has 0 saturated heterocycles. The number of nitrogens with zero attached hydrogens (tertiary/aromatic N) is 1. The fourth-order valence-electron chi connectivity index (χ4n) is 2.26. The molecule has 0 saturated carbocycles. The lowest BCUT2D eigenvalue weighted by atomic mass is 9.97. The Bertz CT molecular complexity index is 629. The largest absolute Gasteiger partial charge is 0.454 e. The van der Waals surface area contributed by atoms with Gasteiger partial charge in [0, 0.05) is 0 Å². The first kappa shape index (κ1) is 11.6. The SMILES string of the molecule is N#CCc1cc2c(cc1Cc1ccccc1)OCO2. The first-order valence-corrected chi connectivity index (χ1v) is 6.19. The van der Waals surface area contributed by atoms with E-state index < -0.39 is 0 Å². The summed E-state index contributed by atoms with van der Waals surface area (Å²) in [5.41, 5.74) is 3.35. The number of hydrogen-bond acceptors (Lipinski definition) is 3. The molecule has 2 aromatic rings. The van der Waals surface area contributed by atoms with Gasteiger partial charge < -0.3 is 9.47 Å². The number of rotatable bonds is 3. The molecule has 2 aromatic carbocycles. The van der Waals surface area contributed by atoms with Crippen LogP contribution < -0.4 is 9.47 Å². The smallest absolute Gasteiger partial charge is 0.231 e. The highest BCUT2D eigenvalue weighted by Gasteiger charge is 2.17. The van der Waals surface area contributed by atoms with Crippen molar-refractivity contribution >= 4 is 0 Å². The number of hydrogen-bond donors (Lipinski definition) is 0. The van der Waals surface area contributed by atoms with Crippen LogP contribution in [-0.2, 0) is 12.8 Å². The van der Waals surface area contributed by atoms with Gasteiger partial charge in [-0.2, -0.15) is 5.26 Å².